The van der Waals surface area contributed by atoms with E-state index in [0.29, 0.717) is 12.4 Å². The summed E-state index contributed by atoms with van der Waals surface area (Å²) in [5.74, 6) is 1.44. The highest BCUT2D eigenvalue weighted by Gasteiger charge is 2.19. The molecule has 1 aromatic carbocycles. The maximum atomic E-state index is 6.05. The number of nitrogens with two attached hydrogens (primary N) is 1. The van der Waals surface area contributed by atoms with E-state index in [2.05, 4.69) is 31.8 Å². The van der Waals surface area contributed by atoms with Crippen LogP contribution in [0.4, 0.5) is 0 Å². The van der Waals surface area contributed by atoms with E-state index in [9.17, 15) is 0 Å². The molecule has 3 nitrogen and oxygen atoms in total. The van der Waals surface area contributed by atoms with Gasteiger partial charge < -0.3 is 10.5 Å². The fraction of sp³-hybridized carbons (Fsp3) is 0.353. The molecule has 2 aromatic rings. The summed E-state index contributed by atoms with van der Waals surface area (Å²) in [6.07, 6.45) is 1.75. The predicted octanol–water partition coefficient (Wildman–Crippen LogP) is 3.94. The first-order valence-corrected chi connectivity index (χ1v) is 6.85. The highest BCUT2D eigenvalue weighted by molar-refractivity contribution is 5.43. The van der Waals surface area contributed by atoms with Crippen molar-refractivity contribution in [1.82, 2.24) is 4.98 Å². The third-order valence-electron chi connectivity index (χ3n) is 3.36. The van der Waals surface area contributed by atoms with Crippen molar-refractivity contribution in [2.24, 2.45) is 5.73 Å². The lowest BCUT2D eigenvalue weighted by Gasteiger charge is -2.22. The van der Waals surface area contributed by atoms with Crippen LogP contribution in [0.5, 0.6) is 11.6 Å². The van der Waals surface area contributed by atoms with Crippen LogP contribution in [-0.4, -0.2) is 4.98 Å². The van der Waals surface area contributed by atoms with Gasteiger partial charge in [-0.25, -0.2) is 4.98 Å². The lowest BCUT2D eigenvalue weighted by atomic mass is 9.86. The Labute approximate surface area is 120 Å². The van der Waals surface area contributed by atoms with Crippen LogP contribution in [0.3, 0.4) is 0 Å². The summed E-state index contributed by atoms with van der Waals surface area (Å²) in [6.45, 7) is 8.95. The number of benzene rings is 1. The first-order chi connectivity index (χ1) is 9.43. The van der Waals surface area contributed by atoms with Gasteiger partial charge in [0.2, 0.25) is 5.88 Å². The normalized spacial score (nSPS) is 11.4. The fourth-order valence-electron chi connectivity index (χ4n) is 2.18. The van der Waals surface area contributed by atoms with Crippen LogP contribution in [0.15, 0.2) is 36.5 Å². The third kappa shape index (κ3) is 2.99. The lowest BCUT2D eigenvalue weighted by Crippen LogP contribution is -2.13. The summed E-state index contributed by atoms with van der Waals surface area (Å²) in [6, 6.07) is 10.0. The Morgan fingerprint density at radius 2 is 1.85 bits per heavy atom. The molecule has 0 aliphatic rings. The molecule has 0 saturated heterocycles. The Morgan fingerprint density at radius 3 is 2.50 bits per heavy atom. The maximum Gasteiger partial charge on any atom is 0.223 e. The molecule has 1 aromatic heterocycles. The Kier molecular flexibility index (Phi) is 4.09. The zero-order valence-corrected chi connectivity index (χ0v) is 12.6. The summed E-state index contributed by atoms with van der Waals surface area (Å²) in [5.41, 5.74) is 9.04. The summed E-state index contributed by atoms with van der Waals surface area (Å²) >= 11 is 0. The summed E-state index contributed by atoms with van der Waals surface area (Å²) < 4.78 is 6.05. The molecular weight excluding hydrogens is 248 g/mol. The van der Waals surface area contributed by atoms with Gasteiger partial charge in [0.15, 0.2) is 0 Å². The van der Waals surface area contributed by atoms with Crippen LogP contribution in [-0.2, 0) is 12.0 Å². The Morgan fingerprint density at radius 1 is 1.15 bits per heavy atom. The van der Waals surface area contributed by atoms with E-state index < -0.39 is 0 Å². The predicted molar refractivity (Wildman–Crippen MR) is 82.1 cm³/mol. The van der Waals surface area contributed by atoms with Gasteiger partial charge in [0, 0.05) is 23.9 Å². The van der Waals surface area contributed by atoms with Gasteiger partial charge in [-0.2, -0.15) is 0 Å². The SMILES string of the molecule is Cc1ccnc(Oc2ccccc2C(C)(C)C)c1CN. The molecule has 0 atom stereocenters. The molecule has 2 rings (SSSR count). The second-order valence-electron chi connectivity index (χ2n) is 5.96. The van der Waals surface area contributed by atoms with E-state index in [1.54, 1.807) is 6.20 Å². The molecule has 0 aliphatic heterocycles. The summed E-state index contributed by atoms with van der Waals surface area (Å²) in [5, 5.41) is 0. The topological polar surface area (TPSA) is 48.1 Å². The molecule has 0 spiro atoms. The van der Waals surface area contributed by atoms with E-state index in [1.165, 1.54) is 0 Å². The largest absolute Gasteiger partial charge is 0.438 e. The lowest BCUT2D eigenvalue weighted by molar-refractivity contribution is 0.434. The fourth-order valence-corrected chi connectivity index (χ4v) is 2.18. The van der Waals surface area contributed by atoms with Gasteiger partial charge in [0.25, 0.3) is 0 Å². The number of pyridine rings is 1. The van der Waals surface area contributed by atoms with E-state index in [4.69, 9.17) is 10.5 Å². The van der Waals surface area contributed by atoms with Gasteiger partial charge in [-0.1, -0.05) is 39.0 Å². The third-order valence-corrected chi connectivity index (χ3v) is 3.36. The van der Waals surface area contributed by atoms with E-state index in [1.807, 2.05) is 31.2 Å². The molecule has 2 N–H and O–H groups in total. The van der Waals surface area contributed by atoms with Crippen molar-refractivity contribution in [1.29, 1.82) is 0 Å². The van der Waals surface area contributed by atoms with E-state index >= 15 is 0 Å². The molecule has 20 heavy (non-hydrogen) atoms. The number of aryl methyl sites for hydroxylation is 1. The number of nitrogens with zero attached hydrogens (tertiary/aromatic N) is 1. The average Bonchev–Trinajstić information content (AvgIpc) is 2.38. The molecule has 0 saturated carbocycles. The minimum absolute atomic E-state index is 0.0172. The monoisotopic (exact) mass is 270 g/mol. The smallest absolute Gasteiger partial charge is 0.223 e. The zero-order valence-electron chi connectivity index (χ0n) is 12.6. The van der Waals surface area contributed by atoms with Crippen LogP contribution >= 0.6 is 0 Å². The first-order valence-electron chi connectivity index (χ1n) is 6.85. The maximum absolute atomic E-state index is 6.05. The van der Waals surface area contributed by atoms with Crippen LogP contribution in [0.2, 0.25) is 0 Å². The van der Waals surface area contributed by atoms with Gasteiger partial charge in [0.05, 0.1) is 0 Å². The Hall–Kier alpha value is -1.87. The van der Waals surface area contributed by atoms with Crippen molar-refractivity contribution in [2.75, 3.05) is 0 Å². The summed E-state index contributed by atoms with van der Waals surface area (Å²) in [4.78, 5) is 4.33. The van der Waals surface area contributed by atoms with Gasteiger partial charge in [-0.3, -0.25) is 0 Å². The summed E-state index contributed by atoms with van der Waals surface area (Å²) in [7, 11) is 0. The number of aromatic nitrogens is 1. The molecule has 0 aliphatic carbocycles. The van der Waals surface area contributed by atoms with Crippen LogP contribution < -0.4 is 10.5 Å². The van der Waals surface area contributed by atoms with E-state index in [0.717, 1.165) is 22.4 Å². The quantitative estimate of drug-likeness (QED) is 0.919. The zero-order chi connectivity index (χ0) is 14.8. The number of para-hydroxylation sites is 1. The van der Waals surface area contributed by atoms with Gasteiger partial charge in [-0.15, -0.1) is 0 Å². The van der Waals surface area contributed by atoms with Crippen LogP contribution in [0, 0.1) is 6.92 Å². The number of hydrogen-bond donors (Lipinski definition) is 1. The second-order valence-corrected chi connectivity index (χ2v) is 5.96. The molecule has 0 amide bonds. The minimum atomic E-state index is 0.0172. The number of rotatable bonds is 3. The minimum Gasteiger partial charge on any atom is -0.438 e. The van der Waals surface area contributed by atoms with E-state index in [-0.39, 0.29) is 5.41 Å². The average molecular weight is 270 g/mol. The van der Waals surface area contributed by atoms with Crippen molar-refractivity contribution in [2.45, 2.75) is 39.7 Å². The molecule has 3 heteroatoms. The Bertz CT molecular complexity index is 600. The van der Waals surface area contributed by atoms with Crippen molar-refractivity contribution in [3.63, 3.8) is 0 Å². The van der Waals surface area contributed by atoms with Gasteiger partial charge >= 0.3 is 0 Å². The van der Waals surface area contributed by atoms with Gasteiger partial charge in [-0.05, 0) is 30.0 Å². The molecular formula is C17H22N2O. The Balaban J connectivity index is 2.44. The second kappa shape index (κ2) is 5.63. The molecule has 0 fully saturated rings. The van der Waals surface area contributed by atoms with Crippen molar-refractivity contribution in [3.05, 3.63) is 53.2 Å². The molecule has 1 heterocycles. The van der Waals surface area contributed by atoms with Crippen LogP contribution in [0.25, 0.3) is 0 Å². The number of ether oxygens (including phenoxy) is 1. The molecule has 0 unspecified atom stereocenters. The van der Waals surface area contributed by atoms with Crippen molar-refractivity contribution < 1.29 is 4.74 Å². The highest BCUT2D eigenvalue weighted by atomic mass is 16.5. The standard InChI is InChI=1S/C17H22N2O/c1-12-9-10-19-16(13(12)11-18)20-15-8-6-5-7-14(15)17(2,3)4/h5-10H,11,18H2,1-4H3. The van der Waals surface area contributed by atoms with Gasteiger partial charge in [0.1, 0.15) is 5.75 Å². The number of hydrogen-bond acceptors (Lipinski definition) is 3. The first kappa shape index (κ1) is 14.5. The highest BCUT2D eigenvalue weighted by Crippen LogP contribution is 2.34. The van der Waals surface area contributed by atoms with Crippen LogP contribution in [0.1, 0.15) is 37.5 Å². The van der Waals surface area contributed by atoms with Crippen molar-refractivity contribution >= 4 is 0 Å². The molecule has 0 bridgehead atoms. The molecule has 106 valence electrons. The van der Waals surface area contributed by atoms with Crippen molar-refractivity contribution in [3.8, 4) is 11.6 Å². The molecule has 0 radical (unpaired) electrons.